The van der Waals surface area contributed by atoms with Gasteiger partial charge in [-0.05, 0) is 183 Å². The van der Waals surface area contributed by atoms with Crippen molar-refractivity contribution >= 4 is 23.2 Å². The van der Waals surface area contributed by atoms with Crippen molar-refractivity contribution in [3.8, 4) is 0 Å². The molecular weight excluding hydrogens is 698 g/mol. The highest BCUT2D eigenvalue weighted by Gasteiger charge is 2.30. The third-order valence-corrected chi connectivity index (χ3v) is 12.2. The highest BCUT2D eigenvalue weighted by atomic mass is 19.1. The van der Waals surface area contributed by atoms with Gasteiger partial charge in [-0.25, -0.2) is 13.2 Å². The lowest BCUT2D eigenvalue weighted by Gasteiger charge is -2.34. The van der Waals surface area contributed by atoms with Crippen LogP contribution in [-0.4, -0.2) is 60.9 Å². The first-order valence-electron chi connectivity index (χ1n) is 20.0. The molecule has 55 heavy (non-hydrogen) atoms. The summed E-state index contributed by atoms with van der Waals surface area (Å²) in [5, 5.41) is 5.51. The van der Waals surface area contributed by atoms with Crippen molar-refractivity contribution in [1.82, 2.24) is 9.80 Å². The first-order chi connectivity index (χ1) is 26.6. The number of piperidine rings is 2. The summed E-state index contributed by atoms with van der Waals surface area (Å²) >= 11 is 0. The molecule has 2 aliphatic heterocycles. The molecule has 0 saturated carbocycles. The normalized spacial score (nSPS) is 20.3. The zero-order valence-corrected chi connectivity index (χ0v) is 32.1. The summed E-state index contributed by atoms with van der Waals surface area (Å²) in [4.78, 5) is 27.7. The molecule has 4 aromatic carbocycles. The fraction of sp³-hybridized carbons (Fsp3) is 0.435. The second-order valence-corrected chi connectivity index (χ2v) is 16.0. The van der Waals surface area contributed by atoms with Crippen molar-refractivity contribution in [3.63, 3.8) is 0 Å². The Morgan fingerprint density at radius 2 is 1.05 bits per heavy atom. The number of benzene rings is 4. The summed E-state index contributed by atoms with van der Waals surface area (Å²) in [6, 6.07) is 23.7. The molecule has 9 heteroatoms. The molecule has 2 aliphatic carbocycles. The molecule has 2 unspecified atom stereocenters. The highest BCUT2D eigenvalue weighted by Crippen LogP contribution is 2.39. The van der Waals surface area contributed by atoms with E-state index in [1.807, 2.05) is 36.4 Å². The summed E-state index contributed by atoms with van der Waals surface area (Å²) < 4.78 is 40.4. The largest absolute Gasteiger partial charge is 0.326 e. The van der Waals surface area contributed by atoms with Crippen LogP contribution in [0.3, 0.4) is 0 Å². The van der Waals surface area contributed by atoms with Gasteiger partial charge in [0.15, 0.2) is 0 Å². The molecule has 2 N–H and O–H groups in total. The smallest absolute Gasteiger partial charge is 0.221 e. The van der Waals surface area contributed by atoms with E-state index in [2.05, 4.69) is 32.6 Å². The van der Waals surface area contributed by atoms with E-state index in [-0.39, 0.29) is 35.0 Å². The maximum absolute atomic E-state index is 14.2. The first kappa shape index (κ1) is 38.8. The number of nitrogens with one attached hydrogen (secondary N) is 2. The zero-order valence-electron chi connectivity index (χ0n) is 32.1. The Morgan fingerprint density at radius 3 is 1.55 bits per heavy atom. The van der Waals surface area contributed by atoms with Gasteiger partial charge in [-0.1, -0.05) is 30.3 Å². The van der Waals surface area contributed by atoms with E-state index in [0.717, 1.165) is 95.5 Å². The third kappa shape index (κ3) is 9.86. The van der Waals surface area contributed by atoms with E-state index in [1.54, 1.807) is 37.3 Å². The molecule has 8 rings (SSSR count). The molecule has 4 aliphatic rings. The SMILES string of the molecule is CC(=O)Nc1cc2c(cc1F)CCC2CN1CCC(c2ccc(F)cc2)CC1.CC(=O)Nc1ccc2c(c1)C(CN1CCC(c3ccc(F)cc3)CC1)CC2. The maximum atomic E-state index is 14.2. The number of carbonyl (C=O) groups is 2. The van der Waals surface area contributed by atoms with Crippen LogP contribution in [0.25, 0.3) is 0 Å². The number of halogens is 3. The number of amides is 2. The summed E-state index contributed by atoms with van der Waals surface area (Å²) in [5.74, 6) is 1.00. The molecule has 2 atom stereocenters. The van der Waals surface area contributed by atoms with Crippen molar-refractivity contribution < 1.29 is 22.8 Å². The van der Waals surface area contributed by atoms with Gasteiger partial charge in [0.1, 0.15) is 17.5 Å². The van der Waals surface area contributed by atoms with E-state index in [0.29, 0.717) is 23.7 Å². The number of hydrogen-bond donors (Lipinski definition) is 2. The van der Waals surface area contributed by atoms with Crippen LogP contribution < -0.4 is 10.6 Å². The average Bonchev–Trinajstić information content (AvgIpc) is 3.75. The molecule has 2 fully saturated rings. The van der Waals surface area contributed by atoms with Gasteiger partial charge in [0.2, 0.25) is 11.8 Å². The van der Waals surface area contributed by atoms with Gasteiger partial charge in [0.05, 0.1) is 5.69 Å². The lowest BCUT2D eigenvalue weighted by Crippen LogP contribution is -2.35. The summed E-state index contributed by atoms with van der Waals surface area (Å²) in [7, 11) is 0. The Kier molecular flexibility index (Phi) is 12.4. The van der Waals surface area contributed by atoms with Crippen LogP contribution in [0.4, 0.5) is 24.5 Å². The third-order valence-electron chi connectivity index (χ3n) is 12.2. The lowest BCUT2D eigenvalue weighted by atomic mass is 9.88. The molecule has 2 amide bonds. The molecule has 0 spiro atoms. The number of rotatable bonds is 8. The van der Waals surface area contributed by atoms with E-state index in [9.17, 15) is 22.8 Å². The van der Waals surface area contributed by atoms with Gasteiger partial charge in [0, 0.05) is 32.6 Å². The monoisotopic (exact) mass is 750 g/mol. The fourth-order valence-corrected chi connectivity index (χ4v) is 9.34. The second-order valence-electron chi connectivity index (χ2n) is 16.0. The summed E-state index contributed by atoms with van der Waals surface area (Å²) in [6.45, 7) is 9.24. The van der Waals surface area contributed by atoms with Crippen LogP contribution in [-0.2, 0) is 22.4 Å². The summed E-state index contributed by atoms with van der Waals surface area (Å²) in [5.41, 5.74) is 8.75. The topological polar surface area (TPSA) is 64.7 Å². The number of aryl methyl sites for hydroxylation is 2. The summed E-state index contributed by atoms with van der Waals surface area (Å²) in [6.07, 6.45) is 8.66. The Labute approximate surface area is 323 Å². The van der Waals surface area contributed by atoms with Crippen LogP contribution in [0.1, 0.15) is 109 Å². The fourth-order valence-electron chi connectivity index (χ4n) is 9.34. The number of hydrogen-bond acceptors (Lipinski definition) is 4. The van der Waals surface area contributed by atoms with Crippen LogP contribution in [0.5, 0.6) is 0 Å². The Balaban J connectivity index is 0.000000169. The van der Waals surface area contributed by atoms with E-state index in [1.165, 1.54) is 41.2 Å². The molecule has 0 bridgehead atoms. The molecule has 0 aromatic heterocycles. The molecule has 2 heterocycles. The van der Waals surface area contributed by atoms with Crippen molar-refractivity contribution in [2.75, 3.05) is 49.9 Å². The van der Waals surface area contributed by atoms with Gasteiger partial charge in [-0.2, -0.15) is 0 Å². The quantitative estimate of drug-likeness (QED) is 0.188. The van der Waals surface area contributed by atoms with Gasteiger partial charge in [0.25, 0.3) is 0 Å². The first-order valence-corrected chi connectivity index (χ1v) is 20.0. The van der Waals surface area contributed by atoms with Crippen molar-refractivity contribution in [3.05, 3.63) is 130 Å². The average molecular weight is 751 g/mol. The number of fused-ring (bicyclic) bond motifs is 2. The predicted molar refractivity (Wildman–Crippen MR) is 213 cm³/mol. The maximum Gasteiger partial charge on any atom is 0.221 e. The van der Waals surface area contributed by atoms with Crippen LogP contribution in [0, 0.1) is 17.5 Å². The molecule has 4 aromatic rings. The van der Waals surface area contributed by atoms with Crippen LogP contribution in [0.2, 0.25) is 0 Å². The van der Waals surface area contributed by atoms with E-state index in [4.69, 9.17) is 0 Å². The van der Waals surface area contributed by atoms with Crippen molar-refractivity contribution in [2.24, 2.45) is 0 Å². The Morgan fingerprint density at radius 1 is 0.582 bits per heavy atom. The predicted octanol–water partition coefficient (Wildman–Crippen LogP) is 9.53. The Bertz CT molecular complexity index is 1950. The number of anilines is 2. The van der Waals surface area contributed by atoms with E-state index < -0.39 is 0 Å². The molecule has 2 saturated heterocycles. The Hall–Kier alpha value is -4.47. The zero-order chi connectivity index (χ0) is 38.5. The number of nitrogens with zero attached hydrogens (tertiary/aromatic N) is 2. The van der Waals surface area contributed by atoms with Crippen LogP contribution >= 0.6 is 0 Å². The van der Waals surface area contributed by atoms with Gasteiger partial charge >= 0.3 is 0 Å². The van der Waals surface area contributed by atoms with E-state index >= 15 is 0 Å². The molecule has 6 nitrogen and oxygen atoms in total. The molecule has 290 valence electrons. The van der Waals surface area contributed by atoms with Crippen LogP contribution in [0.15, 0.2) is 78.9 Å². The minimum absolute atomic E-state index is 0.0210. The van der Waals surface area contributed by atoms with Gasteiger partial charge < -0.3 is 20.4 Å². The number of carbonyl (C=O) groups excluding carboxylic acids is 2. The minimum Gasteiger partial charge on any atom is -0.326 e. The van der Waals surface area contributed by atoms with Gasteiger partial charge in [-0.3, -0.25) is 9.59 Å². The number of likely N-dealkylation sites (tertiary alicyclic amines) is 2. The minimum atomic E-state index is -0.352. The van der Waals surface area contributed by atoms with Crippen molar-refractivity contribution in [1.29, 1.82) is 0 Å². The standard InChI is InChI=1S/C23H26F2N2O.C23H27FN2O/c1-15(28)26-23-13-21-18(12-22(23)25)2-3-19(21)14-27-10-8-17(9-11-27)16-4-6-20(24)7-5-16;1-16(27)25-22-9-6-19-2-3-20(23(19)14-22)15-26-12-10-18(11-13-26)17-4-7-21(24)8-5-17/h4-7,12-13,17,19H,2-3,8-11,14H2,1H3,(H,26,28);4-9,14,18,20H,2-3,10-13,15H2,1H3,(H,25,27). The molecular formula is C46H53F3N4O2. The lowest BCUT2D eigenvalue weighted by molar-refractivity contribution is -0.115. The highest BCUT2D eigenvalue weighted by molar-refractivity contribution is 5.89. The second kappa shape index (κ2) is 17.5. The van der Waals surface area contributed by atoms with Gasteiger partial charge in [-0.15, -0.1) is 0 Å². The molecule has 0 radical (unpaired) electrons. The van der Waals surface area contributed by atoms with Crippen molar-refractivity contribution in [2.45, 2.75) is 88.9 Å².